The van der Waals surface area contributed by atoms with Crippen LogP contribution in [0.3, 0.4) is 0 Å². The molecule has 0 unspecified atom stereocenters. The number of likely N-dealkylation sites (tertiary alicyclic amines) is 1. The van der Waals surface area contributed by atoms with Crippen LogP contribution in [0.2, 0.25) is 0 Å². The molecule has 2 heterocycles. The molecule has 0 spiro atoms. The van der Waals surface area contributed by atoms with Gasteiger partial charge in [0.2, 0.25) is 0 Å². The molecule has 6 heteroatoms. The third kappa shape index (κ3) is 3.90. The minimum atomic E-state index is -0.332. The van der Waals surface area contributed by atoms with Crippen LogP contribution in [0.1, 0.15) is 44.7 Å². The van der Waals surface area contributed by atoms with Gasteiger partial charge in [0.25, 0.3) is 5.91 Å². The summed E-state index contributed by atoms with van der Waals surface area (Å²) in [5, 5.41) is 6.86. The number of ketones is 1. The number of rotatable bonds is 4. The molecule has 2 aromatic carbocycles. The topological polar surface area (TPSA) is 66.1 Å². The molecule has 4 rings (SSSR count). The number of carbonyl (C=O) groups excluding carboxylic acids is 2. The highest BCUT2D eigenvalue weighted by atomic mass is 19.1. The van der Waals surface area contributed by atoms with Crippen molar-refractivity contribution in [2.45, 2.75) is 26.7 Å². The van der Waals surface area contributed by atoms with Gasteiger partial charge < -0.3 is 4.90 Å². The zero-order chi connectivity index (χ0) is 21.3. The van der Waals surface area contributed by atoms with Crippen LogP contribution in [0.25, 0.3) is 11.3 Å². The maximum atomic E-state index is 13.2. The molecule has 0 saturated carbocycles. The van der Waals surface area contributed by atoms with E-state index in [1.165, 1.54) is 18.3 Å². The number of H-pyrrole nitrogens is 1. The summed E-state index contributed by atoms with van der Waals surface area (Å²) in [5.74, 6) is -0.367. The SMILES string of the molecule is Cc1ccc(C(=O)C2CCN(C(=O)c3cn[nH]c3-c3ccc(F)cc3)CC2)c(C)c1. The lowest BCUT2D eigenvalue weighted by atomic mass is 9.86. The Morgan fingerprint density at radius 2 is 1.73 bits per heavy atom. The van der Waals surface area contributed by atoms with E-state index in [0.29, 0.717) is 42.8 Å². The molecule has 1 N–H and O–H groups in total. The van der Waals surface area contributed by atoms with E-state index in [4.69, 9.17) is 0 Å². The highest BCUT2D eigenvalue weighted by Gasteiger charge is 2.30. The number of benzene rings is 2. The Kier molecular flexibility index (Phi) is 5.48. The quantitative estimate of drug-likeness (QED) is 0.647. The van der Waals surface area contributed by atoms with Crippen molar-refractivity contribution in [3.8, 4) is 11.3 Å². The first-order chi connectivity index (χ1) is 14.4. The lowest BCUT2D eigenvalue weighted by molar-refractivity contribution is 0.0651. The smallest absolute Gasteiger partial charge is 0.257 e. The van der Waals surface area contributed by atoms with Crippen LogP contribution in [0, 0.1) is 25.6 Å². The largest absolute Gasteiger partial charge is 0.338 e. The minimum absolute atomic E-state index is 0.0728. The summed E-state index contributed by atoms with van der Waals surface area (Å²) in [7, 11) is 0. The van der Waals surface area contributed by atoms with Gasteiger partial charge in [0.1, 0.15) is 5.82 Å². The lowest BCUT2D eigenvalue weighted by Crippen LogP contribution is -2.40. The first-order valence-electron chi connectivity index (χ1n) is 10.1. The average molecular weight is 405 g/mol. The van der Waals surface area contributed by atoms with Crippen molar-refractivity contribution in [3.63, 3.8) is 0 Å². The number of hydrogen-bond donors (Lipinski definition) is 1. The number of nitrogens with one attached hydrogen (secondary N) is 1. The monoisotopic (exact) mass is 405 g/mol. The fraction of sp³-hybridized carbons (Fsp3) is 0.292. The zero-order valence-corrected chi connectivity index (χ0v) is 17.1. The highest BCUT2D eigenvalue weighted by molar-refractivity contribution is 6.01. The second-order valence-corrected chi connectivity index (χ2v) is 7.91. The van der Waals surface area contributed by atoms with E-state index in [9.17, 15) is 14.0 Å². The molecular weight excluding hydrogens is 381 g/mol. The van der Waals surface area contributed by atoms with Crippen LogP contribution in [0.15, 0.2) is 48.7 Å². The van der Waals surface area contributed by atoms with E-state index in [1.807, 2.05) is 32.0 Å². The molecule has 1 saturated heterocycles. The summed E-state index contributed by atoms with van der Waals surface area (Å²) in [6.45, 7) is 5.03. The Morgan fingerprint density at radius 1 is 1.03 bits per heavy atom. The number of nitrogens with zero attached hydrogens (tertiary/aromatic N) is 2. The van der Waals surface area contributed by atoms with Crippen molar-refractivity contribution in [1.82, 2.24) is 15.1 Å². The Bertz CT molecular complexity index is 1080. The van der Waals surface area contributed by atoms with Crippen molar-refractivity contribution in [3.05, 3.63) is 76.7 Å². The number of amides is 1. The number of aromatic amines is 1. The number of Topliss-reactive ketones (excluding diaryl/α,β-unsaturated/α-hetero) is 1. The normalized spacial score (nSPS) is 14.7. The summed E-state index contributed by atoms with van der Waals surface area (Å²) in [4.78, 5) is 27.8. The molecule has 0 radical (unpaired) electrons. The maximum Gasteiger partial charge on any atom is 0.257 e. The lowest BCUT2D eigenvalue weighted by Gasteiger charge is -2.31. The Morgan fingerprint density at radius 3 is 2.40 bits per heavy atom. The molecule has 1 fully saturated rings. The van der Waals surface area contributed by atoms with Crippen molar-refractivity contribution in [1.29, 1.82) is 0 Å². The zero-order valence-electron chi connectivity index (χ0n) is 17.1. The number of aromatic nitrogens is 2. The molecule has 0 aliphatic carbocycles. The third-order valence-corrected chi connectivity index (χ3v) is 5.80. The van der Waals surface area contributed by atoms with Gasteiger partial charge in [-0.05, 0) is 56.5 Å². The van der Waals surface area contributed by atoms with Crippen LogP contribution in [0.4, 0.5) is 4.39 Å². The van der Waals surface area contributed by atoms with E-state index >= 15 is 0 Å². The van der Waals surface area contributed by atoms with Gasteiger partial charge in [-0.3, -0.25) is 14.7 Å². The molecule has 0 atom stereocenters. The number of halogens is 1. The second kappa shape index (κ2) is 8.22. The van der Waals surface area contributed by atoms with Gasteiger partial charge in [0.15, 0.2) is 5.78 Å². The molecule has 30 heavy (non-hydrogen) atoms. The van der Waals surface area contributed by atoms with Crippen LogP contribution in [-0.2, 0) is 0 Å². The van der Waals surface area contributed by atoms with E-state index in [0.717, 1.165) is 16.7 Å². The van der Waals surface area contributed by atoms with Crippen LogP contribution in [-0.4, -0.2) is 39.9 Å². The molecule has 3 aromatic rings. The van der Waals surface area contributed by atoms with Gasteiger partial charge in [0, 0.05) is 30.1 Å². The van der Waals surface area contributed by atoms with Gasteiger partial charge >= 0.3 is 0 Å². The molecule has 0 bridgehead atoms. The van der Waals surface area contributed by atoms with E-state index < -0.39 is 0 Å². The molecule has 1 aromatic heterocycles. The molecule has 154 valence electrons. The van der Waals surface area contributed by atoms with Crippen molar-refractivity contribution in [2.75, 3.05) is 13.1 Å². The molecular formula is C24H24FN3O2. The maximum absolute atomic E-state index is 13.2. The van der Waals surface area contributed by atoms with Crippen LogP contribution in [0.5, 0.6) is 0 Å². The number of piperidine rings is 1. The standard InChI is InChI=1S/C24H24FN3O2/c1-15-3-8-20(16(2)13-15)23(29)18-9-11-28(12-10-18)24(30)21-14-26-27-22(21)17-4-6-19(25)7-5-17/h3-8,13-14,18H,9-12H2,1-2H3,(H,26,27). The fourth-order valence-electron chi connectivity index (χ4n) is 4.11. The third-order valence-electron chi connectivity index (χ3n) is 5.80. The highest BCUT2D eigenvalue weighted by Crippen LogP contribution is 2.27. The molecule has 1 aliphatic heterocycles. The first kappa shape index (κ1) is 20.0. The van der Waals surface area contributed by atoms with Gasteiger partial charge in [-0.25, -0.2) is 4.39 Å². The van der Waals surface area contributed by atoms with Crippen LogP contribution < -0.4 is 0 Å². The van der Waals surface area contributed by atoms with Crippen molar-refractivity contribution in [2.24, 2.45) is 5.92 Å². The van der Waals surface area contributed by atoms with Crippen molar-refractivity contribution >= 4 is 11.7 Å². The van der Waals surface area contributed by atoms with E-state index in [-0.39, 0.29) is 23.4 Å². The van der Waals surface area contributed by atoms with Gasteiger partial charge in [0.05, 0.1) is 17.5 Å². The first-order valence-corrected chi connectivity index (χ1v) is 10.1. The summed E-state index contributed by atoms with van der Waals surface area (Å²) >= 11 is 0. The van der Waals surface area contributed by atoms with Gasteiger partial charge in [-0.15, -0.1) is 0 Å². The number of aryl methyl sites for hydroxylation is 2. The summed E-state index contributed by atoms with van der Waals surface area (Å²) < 4.78 is 13.2. The van der Waals surface area contributed by atoms with E-state index in [1.54, 1.807) is 17.0 Å². The Hall–Kier alpha value is -3.28. The average Bonchev–Trinajstić information content (AvgIpc) is 3.23. The summed E-state index contributed by atoms with van der Waals surface area (Å²) in [6, 6.07) is 11.9. The van der Waals surface area contributed by atoms with Crippen molar-refractivity contribution < 1.29 is 14.0 Å². The molecule has 1 aliphatic rings. The van der Waals surface area contributed by atoms with Gasteiger partial charge in [-0.2, -0.15) is 5.10 Å². The number of hydrogen-bond acceptors (Lipinski definition) is 3. The van der Waals surface area contributed by atoms with Gasteiger partial charge in [-0.1, -0.05) is 23.8 Å². The Labute approximate surface area is 174 Å². The minimum Gasteiger partial charge on any atom is -0.338 e. The summed E-state index contributed by atoms with van der Waals surface area (Å²) in [6.07, 6.45) is 2.79. The predicted octanol–water partition coefficient (Wildman–Crippen LogP) is 4.57. The summed E-state index contributed by atoms with van der Waals surface area (Å²) in [5.41, 5.74) is 4.66. The predicted molar refractivity (Wildman–Crippen MR) is 113 cm³/mol. The fourth-order valence-corrected chi connectivity index (χ4v) is 4.11. The molecule has 1 amide bonds. The van der Waals surface area contributed by atoms with Crippen LogP contribution >= 0.6 is 0 Å². The number of carbonyl (C=O) groups is 2. The Balaban J connectivity index is 1.45. The van der Waals surface area contributed by atoms with E-state index in [2.05, 4.69) is 10.2 Å². The molecule has 5 nitrogen and oxygen atoms in total. The second-order valence-electron chi connectivity index (χ2n) is 7.91.